The van der Waals surface area contributed by atoms with Crippen molar-refractivity contribution in [2.45, 2.75) is 52.4 Å². The lowest BCUT2D eigenvalue weighted by Gasteiger charge is -2.38. The molecule has 0 bridgehead atoms. The second-order valence-corrected chi connectivity index (χ2v) is 6.49. The first-order chi connectivity index (χ1) is 9.31. The molecule has 0 aromatic heterocycles. The Kier molecular flexibility index (Phi) is 6.16. The molecule has 1 heteroatoms. The molecule has 0 saturated heterocycles. The Morgan fingerprint density at radius 2 is 2.11 bits per heavy atom. The zero-order valence-corrected chi connectivity index (χ0v) is 12.8. The fourth-order valence-electron chi connectivity index (χ4n) is 4.03. The Balaban J connectivity index is 1.77. The van der Waals surface area contributed by atoms with E-state index >= 15 is 0 Å². The van der Waals surface area contributed by atoms with E-state index in [0.717, 1.165) is 36.8 Å². The van der Waals surface area contributed by atoms with Gasteiger partial charge in [-0.2, -0.15) is 0 Å². The molecule has 1 fully saturated rings. The Bertz CT molecular complexity index is 305. The second kappa shape index (κ2) is 7.89. The third kappa shape index (κ3) is 4.49. The quantitative estimate of drug-likeness (QED) is 0.565. The van der Waals surface area contributed by atoms with Gasteiger partial charge in [-0.1, -0.05) is 38.2 Å². The van der Waals surface area contributed by atoms with E-state index in [2.05, 4.69) is 43.5 Å². The number of nitrogens with one attached hydrogen (secondary N) is 1. The molecule has 0 aromatic rings. The summed E-state index contributed by atoms with van der Waals surface area (Å²) in [4.78, 5) is 0. The average Bonchev–Trinajstić information content (AvgIpc) is 2.45. The van der Waals surface area contributed by atoms with E-state index in [1.165, 1.54) is 38.5 Å². The second-order valence-electron chi connectivity index (χ2n) is 6.49. The summed E-state index contributed by atoms with van der Waals surface area (Å²) in [6.07, 6.45) is 18.0. The molecule has 19 heavy (non-hydrogen) atoms. The highest BCUT2D eigenvalue weighted by Crippen LogP contribution is 2.42. The van der Waals surface area contributed by atoms with Crippen LogP contribution in [0.15, 0.2) is 24.3 Å². The first-order valence-electron chi connectivity index (χ1n) is 8.33. The van der Waals surface area contributed by atoms with Gasteiger partial charge in [0.25, 0.3) is 0 Å². The largest absolute Gasteiger partial charge is 0.314 e. The number of rotatable bonds is 5. The Morgan fingerprint density at radius 1 is 1.21 bits per heavy atom. The van der Waals surface area contributed by atoms with Gasteiger partial charge in [0.05, 0.1) is 0 Å². The van der Waals surface area contributed by atoms with Crippen LogP contribution < -0.4 is 5.32 Å². The SMILES string of the molecule is CCNC/C=C/C1CCC(C2CC=CCC2)C(C)C1. The van der Waals surface area contributed by atoms with Crippen molar-refractivity contribution in [2.75, 3.05) is 13.1 Å². The van der Waals surface area contributed by atoms with Crippen LogP contribution in [0.2, 0.25) is 0 Å². The number of hydrogen-bond donors (Lipinski definition) is 1. The van der Waals surface area contributed by atoms with Crippen LogP contribution in [-0.2, 0) is 0 Å². The van der Waals surface area contributed by atoms with Crippen LogP contribution >= 0.6 is 0 Å². The van der Waals surface area contributed by atoms with Crippen molar-refractivity contribution in [1.82, 2.24) is 5.32 Å². The molecule has 108 valence electrons. The van der Waals surface area contributed by atoms with E-state index in [4.69, 9.17) is 0 Å². The summed E-state index contributed by atoms with van der Waals surface area (Å²) >= 11 is 0. The number of allylic oxidation sites excluding steroid dienone is 3. The molecular formula is C18H31N. The van der Waals surface area contributed by atoms with Crippen molar-refractivity contribution in [3.63, 3.8) is 0 Å². The minimum atomic E-state index is 0.837. The fraction of sp³-hybridized carbons (Fsp3) is 0.778. The van der Waals surface area contributed by atoms with Gasteiger partial charge in [0.2, 0.25) is 0 Å². The first-order valence-corrected chi connectivity index (χ1v) is 8.33. The molecule has 4 unspecified atom stereocenters. The van der Waals surface area contributed by atoms with Gasteiger partial charge >= 0.3 is 0 Å². The predicted octanol–water partition coefficient (Wildman–Crippen LogP) is 4.56. The van der Waals surface area contributed by atoms with Crippen LogP contribution in [0.4, 0.5) is 0 Å². The van der Waals surface area contributed by atoms with E-state index in [1.54, 1.807) is 0 Å². The van der Waals surface area contributed by atoms with Crippen LogP contribution in [0.25, 0.3) is 0 Å². The average molecular weight is 261 g/mol. The Hall–Kier alpha value is -0.560. The zero-order valence-electron chi connectivity index (χ0n) is 12.8. The lowest BCUT2D eigenvalue weighted by Crippen LogP contribution is -2.29. The smallest absolute Gasteiger partial charge is 0.0134 e. The van der Waals surface area contributed by atoms with Crippen molar-refractivity contribution < 1.29 is 0 Å². The van der Waals surface area contributed by atoms with E-state index in [9.17, 15) is 0 Å². The van der Waals surface area contributed by atoms with Gasteiger partial charge in [-0.3, -0.25) is 0 Å². The van der Waals surface area contributed by atoms with Gasteiger partial charge in [0.1, 0.15) is 0 Å². The van der Waals surface area contributed by atoms with Crippen molar-refractivity contribution in [3.05, 3.63) is 24.3 Å². The molecule has 0 aromatic carbocycles. The molecule has 0 radical (unpaired) electrons. The minimum absolute atomic E-state index is 0.837. The van der Waals surface area contributed by atoms with Gasteiger partial charge in [0, 0.05) is 6.54 Å². The van der Waals surface area contributed by atoms with E-state index < -0.39 is 0 Å². The summed E-state index contributed by atoms with van der Waals surface area (Å²) in [5, 5.41) is 3.37. The van der Waals surface area contributed by atoms with Crippen LogP contribution in [0.3, 0.4) is 0 Å². The van der Waals surface area contributed by atoms with Crippen LogP contribution in [0.5, 0.6) is 0 Å². The lowest BCUT2D eigenvalue weighted by atomic mass is 9.67. The van der Waals surface area contributed by atoms with Crippen molar-refractivity contribution in [2.24, 2.45) is 23.7 Å². The Morgan fingerprint density at radius 3 is 2.79 bits per heavy atom. The summed E-state index contributed by atoms with van der Waals surface area (Å²) < 4.78 is 0. The van der Waals surface area contributed by atoms with Gasteiger partial charge in [0.15, 0.2) is 0 Å². The van der Waals surface area contributed by atoms with Gasteiger partial charge in [-0.05, 0) is 68.7 Å². The van der Waals surface area contributed by atoms with Crippen LogP contribution in [0, 0.1) is 23.7 Å². The molecule has 0 heterocycles. The standard InChI is InChI=1S/C18H31N/c1-3-19-13-7-8-16-11-12-18(15(2)14-16)17-9-5-4-6-10-17/h4-5,7-8,15-19H,3,6,9-14H2,1-2H3/b8-7+. The molecule has 1 nitrogen and oxygen atoms in total. The summed E-state index contributed by atoms with van der Waals surface area (Å²) in [7, 11) is 0. The summed E-state index contributed by atoms with van der Waals surface area (Å²) in [6.45, 7) is 6.77. The molecule has 0 amide bonds. The maximum atomic E-state index is 3.37. The highest BCUT2D eigenvalue weighted by molar-refractivity contribution is 4.97. The number of hydrogen-bond acceptors (Lipinski definition) is 1. The van der Waals surface area contributed by atoms with E-state index in [-0.39, 0.29) is 0 Å². The van der Waals surface area contributed by atoms with Crippen LogP contribution in [-0.4, -0.2) is 13.1 Å². The molecule has 2 aliphatic rings. The van der Waals surface area contributed by atoms with Gasteiger partial charge in [-0.15, -0.1) is 0 Å². The highest BCUT2D eigenvalue weighted by atomic mass is 14.8. The molecule has 1 saturated carbocycles. The predicted molar refractivity (Wildman–Crippen MR) is 84.2 cm³/mol. The third-order valence-electron chi connectivity index (χ3n) is 5.11. The molecule has 1 N–H and O–H groups in total. The van der Waals surface area contributed by atoms with Crippen molar-refractivity contribution >= 4 is 0 Å². The van der Waals surface area contributed by atoms with Crippen LogP contribution in [0.1, 0.15) is 52.4 Å². The molecular weight excluding hydrogens is 230 g/mol. The van der Waals surface area contributed by atoms with Crippen molar-refractivity contribution in [3.8, 4) is 0 Å². The molecule has 2 aliphatic carbocycles. The van der Waals surface area contributed by atoms with E-state index in [1.807, 2.05) is 0 Å². The number of likely N-dealkylation sites (N-methyl/N-ethyl adjacent to an activating group) is 1. The molecule has 2 rings (SSSR count). The van der Waals surface area contributed by atoms with Gasteiger partial charge in [-0.25, -0.2) is 0 Å². The minimum Gasteiger partial charge on any atom is -0.314 e. The maximum absolute atomic E-state index is 3.37. The lowest BCUT2D eigenvalue weighted by molar-refractivity contribution is 0.143. The topological polar surface area (TPSA) is 12.0 Å². The molecule has 0 aliphatic heterocycles. The molecule has 0 spiro atoms. The highest BCUT2D eigenvalue weighted by Gasteiger charge is 2.31. The fourth-order valence-corrected chi connectivity index (χ4v) is 4.03. The van der Waals surface area contributed by atoms with Gasteiger partial charge < -0.3 is 5.32 Å². The molecule has 4 atom stereocenters. The van der Waals surface area contributed by atoms with Crippen molar-refractivity contribution in [1.29, 1.82) is 0 Å². The zero-order chi connectivity index (χ0) is 13.5. The summed E-state index contributed by atoms with van der Waals surface area (Å²) in [6, 6.07) is 0. The third-order valence-corrected chi connectivity index (χ3v) is 5.11. The monoisotopic (exact) mass is 261 g/mol. The maximum Gasteiger partial charge on any atom is 0.0134 e. The Labute approximate surface area is 119 Å². The summed E-state index contributed by atoms with van der Waals surface area (Å²) in [5.74, 6) is 3.72. The first kappa shape index (κ1) is 14.8. The normalized spacial score (nSPS) is 35.9. The summed E-state index contributed by atoms with van der Waals surface area (Å²) in [5.41, 5.74) is 0. The van der Waals surface area contributed by atoms with E-state index in [0.29, 0.717) is 0 Å².